The third-order valence-electron chi connectivity index (χ3n) is 10.2. The number of hydrogen-bond donors (Lipinski definition) is 5. The van der Waals surface area contributed by atoms with Crippen molar-refractivity contribution < 1.29 is 24.6 Å². The molecule has 5 rings (SSSR count). The Bertz CT molecular complexity index is 1190. The fraction of sp³-hybridized carbons (Fsp3) is 0.621. The molecule has 0 spiro atoms. The molecule has 1 heterocycles. The van der Waals surface area contributed by atoms with Gasteiger partial charge in [0.25, 0.3) is 0 Å². The van der Waals surface area contributed by atoms with E-state index in [0.717, 1.165) is 44.2 Å². The van der Waals surface area contributed by atoms with E-state index in [-0.39, 0.29) is 23.9 Å². The minimum atomic E-state index is -1.12. The van der Waals surface area contributed by atoms with E-state index < -0.39 is 23.5 Å². The predicted molar refractivity (Wildman–Crippen MR) is 140 cm³/mol. The van der Waals surface area contributed by atoms with Crippen LogP contribution in [0.1, 0.15) is 64.5 Å². The number of H-pyrrole nitrogens is 1. The highest BCUT2D eigenvalue weighted by Crippen LogP contribution is 2.67. The highest BCUT2D eigenvalue weighted by molar-refractivity contribution is 5.84. The van der Waals surface area contributed by atoms with Crippen LogP contribution in [0.5, 0.6) is 0 Å². The molecule has 1 amide bonds. The lowest BCUT2D eigenvalue weighted by Crippen LogP contribution is -2.54. The molecule has 204 valence electrons. The summed E-state index contributed by atoms with van der Waals surface area (Å²) >= 11 is 0. The van der Waals surface area contributed by atoms with Crippen LogP contribution >= 0.6 is 0 Å². The first kappa shape index (κ1) is 26.5. The van der Waals surface area contributed by atoms with Crippen molar-refractivity contribution in [2.75, 3.05) is 6.61 Å². The molecule has 0 aliphatic heterocycles. The number of hydroxylamine groups is 1. The van der Waals surface area contributed by atoms with E-state index in [1.807, 2.05) is 0 Å². The number of aromatic nitrogens is 2. The van der Waals surface area contributed by atoms with Gasteiger partial charge in [-0.25, -0.2) is 9.78 Å². The number of nitrogens with zero attached hydrogens (tertiary/aromatic N) is 1. The number of hydrogen-bond acceptors (Lipinski definition) is 6. The van der Waals surface area contributed by atoms with Crippen LogP contribution in [0.4, 0.5) is 0 Å². The summed E-state index contributed by atoms with van der Waals surface area (Å²) in [6.45, 7) is 4.27. The molecule has 0 saturated heterocycles. The van der Waals surface area contributed by atoms with E-state index in [9.17, 15) is 19.8 Å². The topological polar surface area (TPSA) is 137 Å². The van der Waals surface area contributed by atoms with Crippen molar-refractivity contribution in [3.63, 3.8) is 0 Å². The number of rotatable bonds is 8. The van der Waals surface area contributed by atoms with Gasteiger partial charge in [0.2, 0.25) is 5.91 Å². The summed E-state index contributed by atoms with van der Waals surface area (Å²) in [5.74, 6) is 2.67. The van der Waals surface area contributed by atoms with Gasteiger partial charge in [0.1, 0.15) is 11.6 Å². The molecular weight excluding hydrogens is 484 g/mol. The zero-order valence-corrected chi connectivity index (χ0v) is 22.1. The second-order valence-electron chi connectivity index (χ2n) is 12.0. The van der Waals surface area contributed by atoms with Gasteiger partial charge in [-0.05, 0) is 74.2 Å². The molecule has 0 radical (unpaired) electrons. The number of aromatic amines is 1. The molecule has 7 atom stereocenters. The number of carbonyl (C=O) groups is 2. The van der Waals surface area contributed by atoms with Crippen LogP contribution in [-0.4, -0.2) is 50.3 Å². The Labute approximate surface area is 223 Å². The smallest absolute Gasteiger partial charge is 0.326 e. The summed E-state index contributed by atoms with van der Waals surface area (Å²) in [5, 5.41) is 23.1. The van der Waals surface area contributed by atoms with Crippen LogP contribution in [-0.2, 0) is 20.8 Å². The maximum absolute atomic E-state index is 12.3. The molecule has 4 aliphatic rings. The molecular formula is C29H38N4O5. The van der Waals surface area contributed by atoms with Gasteiger partial charge >= 0.3 is 5.97 Å². The summed E-state index contributed by atoms with van der Waals surface area (Å²) < 4.78 is 0. The minimum absolute atomic E-state index is 0.0605. The van der Waals surface area contributed by atoms with E-state index in [0.29, 0.717) is 29.9 Å². The number of imidazole rings is 1. The van der Waals surface area contributed by atoms with E-state index in [2.05, 4.69) is 52.7 Å². The number of carboxylic acids is 1. The number of nitrogens with one attached hydrogen (secondary N) is 3. The van der Waals surface area contributed by atoms with Crippen molar-refractivity contribution in [1.29, 1.82) is 0 Å². The molecule has 0 bridgehead atoms. The standard InChI is InChI=1S/C29H38N4O5/c1-4-29(37)12-9-23-21-6-5-18-13-19(7-10-27(18,2)22(21)8-11-28(23,29)3)33-38-16-25(34)32-24(26(35)36)14-20-15-30-17-31-20/h1,7,13,15,17,21-24,33,37H,5-6,8-12,14,16H2,2-3H3,(H,30,31)(H,32,34)(H,35,36)/t21-,22+,23-,24-,27-,28+,29+/m1/s1. The van der Waals surface area contributed by atoms with Crippen LogP contribution in [0.2, 0.25) is 0 Å². The Morgan fingerprint density at radius 3 is 2.79 bits per heavy atom. The second kappa shape index (κ2) is 9.90. The Morgan fingerprint density at radius 1 is 1.29 bits per heavy atom. The van der Waals surface area contributed by atoms with Gasteiger partial charge in [0.15, 0.2) is 6.61 Å². The van der Waals surface area contributed by atoms with Crippen LogP contribution in [0, 0.1) is 40.9 Å². The number of terminal acetylenes is 1. The summed E-state index contributed by atoms with van der Waals surface area (Å²) in [4.78, 5) is 36.0. The van der Waals surface area contributed by atoms with E-state index in [1.165, 1.54) is 18.1 Å². The Kier molecular flexibility index (Phi) is 6.91. The maximum atomic E-state index is 12.3. The number of carbonyl (C=O) groups excluding carboxylic acids is 1. The van der Waals surface area contributed by atoms with Crippen molar-refractivity contribution in [2.24, 2.45) is 28.6 Å². The first-order valence-corrected chi connectivity index (χ1v) is 13.6. The van der Waals surface area contributed by atoms with Crippen LogP contribution < -0.4 is 10.8 Å². The SMILES string of the molecule is C#C[C@]1(O)CC[C@@H]2[C@@H]3CCC4=CC(NOCC(=O)N[C@H](Cc5cnc[nH]5)C(=O)O)=CC[C@@]4(C)[C@H]3CC[C@@]21C. The number of aliphatic carboxylic acids is 1. The second-order valence-corrected chi connectivity index (χ2v) is 12.0. The molecule has 3 saturated carbocycles. The number of amides is 1. The highest BCUT2D eigenvalue weighted by atomic mass is 16.6. The normalized spacial score (nSPS) is 36.4. The number of aliphatic hydroxyl groups is 1. The van der Waals surface area contributed by atoms with Crippen molar-refractivity contribution in [3.05, 3.63) is 41.6 Å². The quantitative estimate of drug-likeness (QED) is 0.262. The predicted octanol–water partition coefficient (Wildman–Crippen LogP) is 2.86. The first-order chi connectivity index (χ1) is 18.1. The number of allylic oxidation sites excluding steroid dienone is 3. The molecule has 4 aliphatic carbocycles. The molecule has 38 heavy (non-hydrogen) atoms. The summed E-state index contributed by atoms with van der Waals surface area (Å²) in [5.41, 5.74) is 4.59. The van der Waals surface area contributed by atoms with E-state index >= 15 is 0 Å². The molecule has 5 N–H and O–H groups in total. The third kappa shape index (κ3) is 4.44. The summed E-state index contributed by atoms with van der Waals surface area (Å²) in [6, 6.07) is -1.08. The molecule has 0 aromatic carbocycles. The molecule has 1 aromatic heterocycles. The van der Waals surface area contributed by atoms with Gasteiger partial charge in [0.05, 0.1) is 12.0 Å². The monoisotopic (exact) mass is 522 g/mol. The van der Waals surface area contributed by atoms with Crippen LogP contribution in [0.25, 0.3) is 0 Å². The van der Waals surface area contributed by atoms with Gasteiger partial charge in [-0.2, -0.15) is 0 Å². The fourth-order valence-corrected chi connectivity index (χ4v) is 7.98. The Morgan fingerprint density at radius 2 is 2.08 bits per heavy atom. The fourth-order valence-electron chi connectivity index (χ4n) is 7.98. The summed E-state index contributed by atoms with van der Waals surface area (Å²) in [7, 11) is 0. The lowest BCUT2D eigenvalue weighted by atomic mass is 9.47. The van der Waals surface area contributed by atoms with Crippen molar-refractivity contribution in [2.45, 2.75) is 76.9 Å². The van der Waals surface area contributed by atoms with Crippen LogP contribution in [0.15, 0.2) is 35.9 Å². The summed E-state index contributed by atoms with van der Waals surface area (Å²) in [6.07, 6.45) is 19.9. The lowest BCUT2D eigenvalue weighted by Gasteiger charge is -2.58. The van der Waals surface area contributed by atoms with Gasteiger partial charge in [0, 0.05) is 23.7 Å². The van der Waals surface area contributed by atoms with Crippen molar-refractivity contribution in [3.8, 4) is 12.3 Å². The van der Waals surface area contributed by atoms with Crippen molar-refractivity contribution >= 4 is 11.9 Å². The number of fused-ring (bicyclic) bond motifs is 5. The molecule has 3 fully saturated rings. The highest BCUT2D eigenvalue weighted by Gasteiger charge is 2.63. The molecule has 0 unspecified atom stereocenters. The Hall–Kier alpha value is -3.09. The molecule has 9 heteroatoms. The van der Waals surface area contributed by atoms with Gasteiger partial charge in [-0.15, -0.1) is 6.42 Å². The molecule has 9 nitrogen and oxygen atoms in total. The number of carboxylic acid groups (broad SMARTS) is 1. The van der Waals surface area contributed by atoms with Gasteiger partial charge < -0.3 is 20.5 Å². The van der Waals surface area contributed by atoms with Gasteiger partial charge in [-0.3, -0.25) is 15.1 Å². The maximum Gasteiger partial charge on any atom is 0.326 e. The Balaban J connectivity index is 1.16. The lowest BCUT2D eigenvalue weighted by molar-refractivity contribution is -0.143. The van der Waals surface area contributed by atoms with E-state index in [1.54, 1.807) is 0 Å². The van der Waals surface area contributed by atoms with Gasteiger partial charge in [-0.1, -0.05) is 31.4 Å². The third-order valence-corrected chi connectivity index (χ3v) is 10.2. The zero-order chi connectivity index (χ0) is 27.1. The van der Waals surface area contributed by atoms with Crippen molar-refractivity contribution in [1.82, 2.24) is 20.8 Å². The molecule has 1 aromatic rings. The van der Waals surface area contributed by atoms with E-state index in [4.69, 9.17) is 11.3 Å². The average molecular weight is 523 g/mol. The average Bonchev–Trinajstić information content (AvgIpc) is 3.49. The zero-order valence-electron chi connectivity index (χ0n) is 22.1. The minimum Gasteiger partial charge on any atom is -0.480 e. The first-order valence-electron chi connectivity index (χ1n) is 13.6. The van der Waals surface area contributed by atoms with Crippen LogP contribution in [0.3, 0.4) is 0 Å². The largest absolute Gasteiger partial charge is 0.480 e.